The molecule has 6 nitrogen and oxygen atoms in total. The van der Waals surface area contributed by atoms with Gasteiger partial charge in [-0.25, -0.2) is 9.78 Å². The van der Waals surface area contributed by atoms with E-state index >= 15 is 0 Å². The average molecular weight is 250 g/mol. The zero-order valence-corrected chi connectivity index (χ0v) is 9.78. The number of aromatic carboxylic acids is 1. The van der Waals surface area contributed by atoms with Crippen LogP contribution >= 0.6 is 11.8 Å². The molecule has 0 fully saturated rings. The van der Waals surface area contributed by atoms with Crippen LogP contribution in [0.5, 0.6) is 0 Å². The highest BCUT2D eigenvalue weighted by Gasteiger charge is 2.09. The summed E-state index contributed by atoms with van der Waals surface area (Å²) in [6.07, 6.45) is 0. The lowest BCUT2D eigenvalue weighted by atomic mass is 10.2. The molecule has 0 saturated carbocycles. The fourth-order valence-electron chi connectivity index (χ4n) is 1.24. The van der Waals surface area contributed by atoms with Crippen LogP contribution in [0.3, 0.4) is 0 Å². The molecule has 0 saturated heterocycles. The first-order valence-corrected chi connectivity index (χ1v) is 5.57. The molecule has 0 atom stereocenters. The molecular formula is C10H10N4O2S. The Balaban J connectivity index is 2.25. The van der Waals surface area contributed by atoms with Crippen LogP contribution in [0, 0.1) is 6.92 Å². The van der Waals surface area contributed by atoms with E-state index in [1.807, 2.05) is 0 Å². The van der Waals surface area contributed by atoms with Gasteiger partial charge in [0.2, 0.25) is 5.16 Å². The molecule has 17 heavy (non-hydrogen) atoms. The molecule has 0 radical (unpaired) electrons. The summed E-state index contributed by atoms with van der Waals surface area (Å²) in [7, 11) is 0. The minimum atomic E-state index is -0.998. The van der Waals surface area contributed by atoms with E-state index in [1.54, 1.807) is 13.0 Å². The van der Waals surface area contributed by atoms with E-state index in [1.165, 1.54) is 23.9 Å². The summed E-state index contributed by atoms with van der Waals surface area (Å²) in [4.78, 5) is 15.6. The van der Waals surface area contributed by atoms with Crippen LogP contribution in [0.15, 0.2) is 28.3 Å². The fourth-order valence-corrected chi connectivity index (χ4v) is 2.02. The first kappa shape index (κ1) is 11.5. The van der Waals surface area contributed by atoms with Crippen molar-refractivity contribution in [1.82, 2.24) is 15.2 Å². The second kappa shape index (κ2) is 4.46. The summed E-state index contributed by atoms with van der Waals surface area (Å²) >= 11 is 1.28. The lowest BCUT2D eigenvalue weighted by Crippen LogP contribution is -1.98. The predicted molar refractivity (Wildman–Crippen MR) is 63.1 cm³/mol. The van der Waals surface area contributed by atoms with Crippen LogP contribution in [0.25, 0.3) is 0 Å². The van der Waals surface area contributed by atoms with Gasteiger partial charge in [0, 0.05) is 10.6 Å². The summed E-state index contributed by atoms with van der Waals surface area (Å²) in [6, 6.07) is 4.57. The van der Waals surface area contributed by atoms with Gasteiger partial charge in [-0.2, -0.15) is 0 Å². The van der Waals surface area contributed by atoms with E-state index in [0.717, 1.165) is 4.90 Å². The number of anilines is 1. The van der Waals surface area contributed by atoms with Crippen LogP contribution < -0.4 is 5.73 Å². The number of carbonyl (C=O) groups is 1. The van der Waals surface area contributed by atoms with Gasteiger partial charge in [0.25, 0.3) is 0 Å². The Morgan fingerprint density at radius 2 is 2.29 bits per heavy atom. The summed E-state index contributed by atoms with van der Waals surface area (Å²) < 4.78 is 0. The van der Waals surface area contributed by atoms with Gasteiger partial charge in [-0.1, -0.05) is 0 Å². The van der Waals surface area contributed by atoms with E-state index in [0.29, 0.717) is 16.7 Å². The molecule has 0 spiro atoms. The summed E-state index contributed by atoms with van der Waals surface area (Å²) in [6.45, 7) is 1.80. The van der Waals surface area contributed by atoms with Crippen LogP contribution in [-0.2, 0) is 0 Å². The number of carboxylic acid groups (broad SMARTS) is 1. The highest BCUT2D eigenvalue weighted by molar-refractivity contribution is 7.99. The smallest absolute Gasteiger partial charge is 0.335 e. The minimum absolute atomic E-state index is 0.165. The third-order valence-electron chi connectivity index (χ3n) is 2.03. The number of rotatable bonds is 3. The average Bonchev–Trinajstić information content (AvgIpc) is 2.67. The second-order valence-electron chi connectivity index (χ2n) is 3.36. The number of nitrogens with one attached hydrogen (secondary N) is 1. The molecule has 0 unspecified atom stereocenters. The van der Waals surface area contributed by atoms with Crippen molar-refractivity contribution < 1.29 is 9.90 Å². The summed E-state index contributed by atoms with van der Waals surface area (Å²) in [5.41, 5.74) is 6.33. The molecule has 7 heteroatoms. The highest BCUT2D eigenvalue weighted by Crippen LogP contribution is 2.30. The molecule has 1 aromatic carbocycles. The fraction of sp³-hybridized carbons (Fsp3) is 0.100. The number of H-pyrrole nitrogens is 1. The maximum atomic E-state index is 10.7. The lowest BCUT2D eigenvalue weighted by molar-refractivity contribution is 0.0697. The van der Waals surface area contributed by atoms with E-state index in [2.05, 4.69) is 15.2 Å². The Morgan fingerprint density at radius 1 is 1.53 bits per heavy atom. The molecule has 0 aliphatic rings. The number of aromatic nitrogens is 3. The topological polar surface area (TPSA) is 105 Å². The maximum absolute atomic E-state index is 10.7. The van der Waals surface area contributed by atoms with E-state index < -0.39 is 5.97 Å². The molecule has 2 rings (SSSR count). The number of carboxylic acids is 1. The number of nitrogens with zero attached hydrogens (tertiary/aromatic N) is 2. The molecule has 0 bridgehead atoms. The maximum Gasteiger partial charge on any atom is 0.335 e. The largest absolute Gasteiger partial charge is 0.478 e. The standard InChI is InChI=1S/C10H10N4O2S/c1-5-12-10(14-13-5)17-8-3-2-6(9(15)16)4-7(8)11/h2-4H,11H2,1H3,(H,15,16)(H,12,13,14). The molecular weight excluding hydrogens is 240 g/mol. The van der Waals surface area contributed by atoms with E-state index in [-0.39, 0.29) is 5.56 Å². The minimum Gasteiger partial charge on any atom is -0.478 e. The van der Waals surface area contributed by atoms with Crippen molar-refractivity contribution in [3.05, 3.63) is 29.6 Å². The van der Waals surface area contributed by atoms with Crippen molar-refractivity contribution in [2.75, 3.05) is 5.73 Å². The number of aryl methyl sites for hydroxylation is 1. The number of benzene rings is 1. The van der Waals surface area contributed by atoms with Crippen molar-refractivity contribution in [1.29, 1.82) is 0 Å². The van der Waals surface area contributed by atoms with Crippen molar-refractivity contribution in [2.24, 2.45) is 0 Å². The number of aromatic amines is 1. The molecule has 4 N–H and O–H groups in total. The monoisotopic (exact) mass is 250 g/mol. The molecule has 0 aliphatic heterocycles. The van der Waals surface area contributed by atoms with Crippen molar-refractivity contribution >= 4 is 23.4 Å². The summed E-state index contributed by atoms with van der Waals surface area (Å²) in [5, 5.41) is 16.0. The van der Waals surface area contributed by atoms with Gasteiger partial charge in [-0.3, -0.25) is 5.10 Å². The Bertz CT molecular complexity index is 567. The molecule has 1 aromatic heterocycles. The van der Waals surface area contributed by atoms with Crippen molar-refractivity contribution in [3.8, 4) is 0 Å². The van der Waals surface area contributed by atoms with Gasteiger partial charge in [0.05, 0.1) is 5.56 Å². The number of hydrogen-bond donors (Lipinski definition) is 3. The molecule has 88 valence electrons. The SMILES string of the molecule is Cc1nc(Sc2ccc(C(=O)O)cc2N)n[nH]1. The van der Waals surface area contributed by atoms with Gasteiger partial charge in [0.1, 0.15) is 5.82 Å². The zero-order valence-electron chi connectivity index (χ0n) is 8.97. The van der Waals surface area contributed by atoms with Crippen LogP contribution in [0.1, 0.15) is 16.2 Å². The van der Waals surface area contributed by atoms with Crippen molar-refractivity contribution in [2.45, 2.75) is 17.0 Å². The Hall–Kier alpha value is -2.02. The van der Waals surface area contributed by atoms with Gasteiger partial charge in [-0.05, 0) is 36.9 Å². The Kier molecular flexibility index (Phi) is 3.01. The lowest BCUT2D eigenvalue weighted by Gasteiger charge is -2.03. The quantitative estimate of drug-likeness (QED) is 0.714. The Morgan fingerprint density at radius 3 is 2.82 bits per heavy atom. The van der Waals surface area contributed by atoms with E-state index in [9.17, 15) is 4.79 Å². The third-order valence-corrected chi connectivity index (χ3v) is 2.99. The molecule has 1 heterocycles. The Labute approximate surface area is 101 Å². The van der Waals surface area contributed by atoms with Gasteiger partial charge < -0.3 is 10.8 Å². The van der Waals surface area contributed by atoms with Crippen LogP contribution in [0.4, 0.5) is 5.69 Å². The first-order valence-electron chi connectivity index (χ1n) is 4.76. The summed E-state index contributed by atoms with van der Waals surface area (Å²) in [5.74, 6) is -0.282. The third kappa shape index (κ3) is 2.56. The highest BCUT2D eigenvalue weighted by atomic mass is 32.2. The van der Waals surface area contributed by atoms with Gasteiger partial charge in [0.15, 0.2) is 0 Å². The first-order chi connectivity index (χ1) is 8.06. The normalized spacial score (nSPS) is 10.4. The molecule has 0 aliphatic carbocycles. The molecule has 2 aromatic rings. The predicted octanol–water partition coefficient (Wildman–Crippen LogP) is 1.54. The van der Waals surface area contributed by atoms with Crippen LogP contribution in [-0.4, -0.2) is 26.3 Å². The van der Waals surface area contributed by atoms with Crippen LogP contribution in [0.2, 0.25) is 0 Å². The second-order valence-corrected chi connectivity index (χ2v) is 4.37. The van der Waals surface area contributed by atoms with Gasteiger partial charge >= 0.3 is 5.97 Å². The van der Waals surface area contributed by atoms with Crippen molar-refractivity contribution in [3.63, 3.8) is 0 Å². The number of nitrogens with two attached hydrogens (primary N) is 1. The number of hydrogen-bond acceptors (Lipinski definition) is 5. The number of nitrogen functional groups attached to an aromatic ring is 1. The zero-order chi connectivity index (χ0) is 12.4. The van der Waals surface area contributed by atoms with Gasteiger partial charge in [-0.15, -0.1) is 5.10 Å². The van der Waals surface area contributed by atoms with E-state index in [4.69, 9.17) is 10.8 Å². The molecule has 0 amide bonds.